The van der Waals surface area contributed by atoms with Crippen LogP contribution in [0, 0.1) is 0 Å². The van der Waals surface area contributed by atoms with Gasteiger partial charge >= 0.3 is 0 Å². The molecule has 2 nitrogen and oxygen atoms in total. The summed E-state index contributed by atoms with van der Waals surface area (Å²) >= 11 is 9.55. The summed E-state index contributed by atoms with van der Waals surface area (Å²) < 4.78 is 20.6. The molecule has 1 unspecified atom stereocenters. The fourth-order valence-corrected chi connectivity index (χ4v) is 1.74. The first kappa shape index (κ1) is 11.0. The van der Waals surface area contributed by atoms with Gasteiger partial charge in [0.1, 0.15) is 0 Å². The Morgan fingerprint density at radius 2 is 2.08 bits per heavy atom. The first-order valence-electron chi connectivity index (χ1n) is 3.60. The summed E-state index contributed by atoms with van der Waals surface area (Å²) in [5.41, 5.74) is 0.762. The van der Waals surface area contributed by atoms with Crippen LogP contribution in [0.15, 0.2) is 18.2 Å². The molecule has 1 aromatic carbocycles. The lowest BCUT2D eigenvalue weighted by Crippen LogP contribution is -1.99. The van der Waals surface area contributed by atoms with Gasteiger partial charge in [-0.15, -0.1) is 0 Å². The number of benzene rings is 1. The van der Waals surface area contributed by atoms with Crippen LogP contribution in [0.25, 0.3) is 0 Å². The number of rotatable bonds is 3. The van der Waals surface area contributed by atoms with Gasteiger partial charge < -0.3 is 4.55 Å². The molecule has 0 saturated heterocycles. The fourth-order valence-electron chi connectivity index (χ4n) is 0.935. The van der Waals surface area contributed by atoms with E-state index in [1.54, 1.807) is 18.2 Å². The highest BCUT2D eigenvalue weighted by Gasteiger charge is 2.03. The van der Waals surface area contributed by atoms with E-state index in [0.717, 1.165) is 5.56 Å². The lowest BCUT2D eigenvalue weighted by atomic mass is 10.2. The Morgan fingerprint density at radius 3 is 2.69 bits per heavy atom. The highest BCUT2D eigenvalue weighted by Crippen LogP contribution is 2.25. The van der Waals surface area contributed by atoms with Gasteiger partial charge in [0, 0.05) is 5.75 Å². The minimum Gasteiger partial charge on any atom is -0.772 e. The molecule has 0 spiro atoms. The summed E-state index contributed by atoms with van der Waals surface area (Å²) in [7, 11) is 0. The number of aryl methyl sites for hydroxylation is 1. The van der Waals surface area contributed by atoms with E-state index in [1.165, 1.54) is 0 Å². The van der Waals surface area contributed by atoms with Crippen LogP contribution in [-0.4, -0.2) is 14.5 Å². The molecule has 5 heteroatoms. The third-order valence-corrected chi connectivity index (χ3v) is 2.97. The molecule has 0 fully saturated rings. The van der Waals surface area contributed by atoms with Crippen molar-refractivity contribution in [2.45, 2.75) is 6.42 Å². The zero-order valence-corrected chi connectivity index (χ0v) is 8.96. The Hall–Kier alpha value is -0.0900. The predicted molar refractivity (Wildman–Crippen MR) is 54.0 cm³/mol. The fraction of sp³-hybridized carbons (Fsp3) is 0.250. The van der Waals surface area contributed by atoms with Gasteiger partial charge in [0.2, 0.25) is 0 Å². The Labute approximate surface area is 89.1 Å². The van der Waals surface area contributed by atoms with E-state index in [2.05, 4.69) is 0 Å². The maximum absolute atomic E-state index is 10.3. The van der Waals surface area contributed by atoms with Crippen LogP contribution in [0.4, 0.5) is 0 Å². The van der Waals surface area contributed by atoms with Gasteiger partial charge in [-0.05, 0) is 18.1 Å². The molecule has 0 bridgehead atoms. The standard InChI is InChI=1S/C8H8Cl2O2S/c9-7-3-1-2-6(8(7)10)4-5-13(11)12/h1-3H,4-5H2,(H,11,12)/p-1. The minimum absolute atomic E-state index is 0.0695. The Kier molecular flexibility index (Phi) is 4.19. The van der Waals surface area contributed by atoms with Gasteiger partial charge in [0.05, 0.1) is 10.0 Å². The average Bonchev–Trinajstić information content (AvgIpc) is 2.07. The molecule has 0 aromatic heterocycles. The summed E-state index contributed by atoms with van der Waals surface area (Å²) in [6.45, 7) is 0. The van der Waals surface area contributed by atoms with Crippen LogP contribution < -0.4 is 0 Å². The van der Waals surface area contributed by atoms with Crippen LogP contribution in [0.5, 0.6) is 0 Å². The van der Waals surface area contributed by atoms with E-state index in [-0.39, 0.29) is 5.75 Å². The molecule has 0 radical (unpaired) electrons. The third-order valence-electron chi connectivity index (χ3n) is 1.57. The Morgan fingerprint density at radius 1 is 1.38 bits per heavy atom. The first-order chi connectivity index (χ1) is 6.11. The monoisotopic (exact) mass is 237 g/mol. The zero-order valence-electron chi connectivity index (χ0n) is 6.63. The molecule has 0 aliphatic heterocycles. The maximum atomic E-state index is 10.3. The van der Waals surface area contributed by atoms with Gasteiger partial charge in [-0.25, -0.2) is 0 Å². The second-order valence-electron chi connectivity index (χ2n) is 2.47. The van der Waals surface area contributed by atoms with Gasteiger partial charge in [-0.1, -0.05) is 46.4 Å². The van der Waals surface area contributed by atoms with Crippen molar-refractivity contribution in [3.8, 4) is 0 Å². The number of hydrogen-bond donors (Lipinski definition) is 0. The summed E-state index contributed by atoms with van der Waals surface area (Å²) in [6.07, 6.45) is 0.398. The lowest BCUT2D eigenvalue weighted by Gasteiger charge is -2.07. The van der Waals surface area contributed by atoms with Crippen molar-refractivity contribution in [2.75, 3.05) is 5.75 Å². The topological polar surface area (TPSA) is 40.1 Å². The van der Waals surface area contributed by atoms with Crippen LogP contribution >= 0.6 is 23.2 Å². The average molecular weight is 238 g/mol. The Balaban J connectivity index is 2.77. The van der Waals surface area contributed by atoms with Crippen LogP contribution in [0.3, 0.4) is 0 Å². The van der Waals surface area contributed by atoms with Crippen molar-refractivity contribution in [2.24, 2.45) is 0 Å². The highest BCUT2D eigenvalue weighted by molar-refractivity contribution is 7.79. The van der Waals surface area contributed by atoms with Gasteiger partial charge in [-0.2, -0.15) is 0 Å². The van der Waals surface area contributed by atoms with E-state index >= 15 is 0 Å². The molecule has 0 amide bonds. The second kappa shape index (κ2) is 4.96. The molecule has 1 atom stereocenters. The van der Waals surface area contributed by atoms with E-state index in [0.29, 0.717) is 16.5 Å². The van der Waals surface area contributed by atoms with E-state index in [4.69, 9.17) is 23.2 Å². The molecule has 1 rings (SSSR count). The maximum Gasteiger partial charge on any atom is 0.0624 e. The zero-order chi connectivity index (χ0) is 9.84. The number of hydrogen-bond acceptors (Lipinski definition) is 2. The highest BCUT2D eigenvalue weighted by atomic mass is 35.5. The van der Waals surface area contributed by atoms with E-state index < -0.39 is 11.1 Å². The SMILES string of the molecule is O=S([O-])CCc1cccc(Cl)c1Cl. The van der Waals surface area contributed by atoms with E-state index in [9.17, 15) is 8.76 Å². The normalized spacial score (nSPS) is 12.8. The quantitative estimate of drug-likeness (QED) is 0.758. The summed E-state index contributed by atoms with van der Waals surface area (Å²) in [4.78, 5) is 0. The minimum atomic E-state index is -2.03. The molecule has 0 aliphatic rings. The molecule has 0 aliphatic carbocycles. The van der Waals surface area contributed by atoms with Gasteiger partial charge in [0.15, 0.2) is 0 Å². The third kappa shape index (κ3) is 3.27. The predicted octanol–water partition coefficient (Wildman–Crippen LogP) is 2.42. The van der Waals surface area contributed by atoms with Crippen molar-refractivity contribution in [1.29, 1.82) is 0 Å². The van der Waals surface area contributed by atoms with Crippen LogP contribution in [0.1, 0.15) is 5.56 Å². The van der Waals surface area contributed by atoms with Crippen molar-refractivity contribution < 1.29 is 8.76 Å². The molecule has 1 aromatic rings. The summed E-state index contributed by atoms with van der Waals surface area (Å²) in [6, 6.07) is 5.18. The molecule has 0 N–H and O–H groups in total. The van der Waals surface area contributed by atoms with Crippen LogP contribution in [-0.2, 0) is 17.5 Å². The van der Waals surface area contributed by atoms with Crippen LogP contribution in [0.2, 0.25) is 10.0 Å². The summed E-state index contributed by atoms with van der Waals surface area (Å²) in [5.74, 6) is 0.0695. The Bertz CT molecular complexity index is 328. The van der Waals surface area contributed by atoms with E-state index in [1.807, 2.05) is 0 Å². The second-order valence-corrected chi connectivity index (χ2v) is 4.27. The molecule has 0 heterocycles. The van der Waals surface area contributed by atoms with Crippen molar-refractivity contribution in [3.05, 3.63) is 33.8 Å². The van der Waals surface area contributed by atoms with Crippen molar-refractivity contribution in [1.82, 2.24) is 0 Å². The van der Waals surface area contributed by atoms with Crippen molar-refractivity contribution >= 4 is 34.3 Å². The lowest BCUT2D eigenvalue weighted by molar-refractivity contribution is 0.536. The molecular weight excluding hydrogens is 231 g/mol. The van der Waals surface area contributed by atoms with Gasteiger partial charge in [-0.3, -0.25) is 4.21 Å². The smallest absolute Gasteiger partial charge is 0.0624 e. The van der Waals surface area contributed by atoms with Gasteiger partial charge in [0.25, 0.3) is 0 Å². The molecule has 0 saturated carbocycles. The number of halogens is 2. The molecular formula is C8H7Cl2O2S-. The molecule has 13 heavy (non-hydrogen) atoms. The first-order valence-corrected chi connectivity index (χ1v) is 5.60. The largest absolute Gasteiger partial charge is 0.772 e. The molecule has 72 valence electrons. The van der Waals surface area contributed by atoms with Crippen molar-refractivity contribution in [3.63, 3.8) is 0 Å². The summed E-state index contributed by atoms with van der Waals surface area (Å²) in [5, 5.41) is 0.894.